The third-order valence-corrected chi connectivity index (χ3v) is 3.25. The fraction of sp³-hybridized carbons (Fsp3) is 0.385. The fourth-order valence-electron chi connectivity index (χ4n) is 1.37. The van der Waals surface area contributed by atoms with Crippen molar-refractivity contribution in [2.75, 3.05) is 12.9 Å². The molecule has 1 aromatic carbocycles. The van der Waals surface area contributed by atoms with Crippen LogP contribution in [0, 0.1) is 0 Å². The van der Waals surface area contributed by atoms with Gasteiger partial charge in [-0.2, -0.15) is 0 Å². The number of carbonyl (C=O) groups excluding carboxylic acids is 1. The lowest BCUT2D eigenvalue weighted by molar-refractivity contribution is -0.143. The van der Waals surface area contributed by atoms with Crippen molar-refractivity contribution < 1.29 is 23.8 Å². The van der Waals surface area contributed by atoms with Crippen molar-refractivity contribution in [3.8, 4) is 5.75 Å². The number of carboxylic acid groups (broad SMARTS) is 1. The summed E-state index contributed by atoms with van der Waals surface area (Å²) in [5.41, 5.74) is 0. The third-order valence-electron chi connectivity index (χ3n) is 2.51. The predicted octanol–water partition coefficient (Wildman–Crippen LogP) is 1.71. The van der Waals surface area contributed by atoms with Crippen LogP contribution in [-0.2, 0) is 9.59 Å². The predicted molar refractivity (Wildman–Crippen MR) is 73.9 cm³/mol. The van der Waals surface area contributed by atoms with Gasteiger partial charge in [-0.3, -0.25) is 4.79 Å². The molecule has 0 spiro atoms. The molecule has 2 N–H and O–H groups in total. The lowest BCUT2D eigenvalue weighted by Crippen LogP contribution is -2.47. The molecule has 0 saturated heterocycles. The Kier molecular flexibility index (Phi) is 6.30. The standard InChI is InChI=1S/C13H16FNO4S/c1-8(12(16)15-11(7-14)13(17)18)19-9-3-5-10(20-2)6-4-9/h3-6,8,11H,7H2,1-2H3,(H,15,16)(H,17,18). The minimum Gasteiger partial charge on any atom is -0.481 e. The number of carbonyl (C=O) groups is 2. The van der Waals surface area contributed by atoms with E-state index in [-0.39, 0.29) is 0 Å². The summed E-state index contributed by atoms with van der Waals surface area (Å²) in [7, 11) is 0. The molecule has 0 radical (unpaired) electrons. The van der Waals surface area contributed by atoms with E-state index in [9.17, 15) is 14.0 Å². The first kappa shape index (κ1) is 16.3. The molecular formula is C13H16FNO4S. The van der Waals surface area contributed by atoms with Gasteiger partial charge in [0, 0.05) is 4.90 Å². The maximum Gasteiger partial charge on any atom is 0.328 e. The van der Waals surface area contributed by atoms with Crippen LogP contribution >= 0.6 is 11.8 Å². The number of hydrogen-bond donors (Lipinski definition) is 2. The number of aliphatic carboxylic acids is 1. The van der Waals surface area contributed by atoms with E-state index in [2.05, 4.69) is 5.32 Å². The van der Waals surface area contributed by atoms with Crippen LogP contribution in [0.1, 0.15) is 6.92 Å². The number of halogens is 1. The summed E-state index contributed by atoms with van der Waals surface area (Å²) in [4.78, 5) is 23.3. The largest absolute Gasteiger partial charge is 0.481 e. The van der Waals surface area contributed by atoms with Gasteiger partial charge < -0.3 is 15.2 Å². The first-order valence-electron chi connectivity index (χ1n) is 5.87. The maximum atomic E-state index is 12.4. The van der Waals surface area contributed by atoms with Gasteiger partial charge in [-0.05, 0) is 37.4 Å². The topological polar surface area (TPSA) is 75.6 Å². The van der Waals surface area contributed by atoms with Crippen LogP contribution in [0.15, 0.2) is 29.2 Å². The van der Waals surface area contributed by atoms with E-state index in [0.717, 1.165) is 4.90 Å². The average molecular weight is 301 g/mol. The van der Waals surface area contributed by atoms with Gasteiger partial charge >= 0.3 is 5.97 Å². The Morgan fingerprint density at radius 2 is 2.00 bits per heavy atom. The number of thioether (sulfide) groups is 1. The molecule has 0 aliphatic carbocycles. The number of nitrogens with one attached hydrogen (secondary N) is 1. The number of hydrogen-bond acceptors (Lipinski definition) is 4. The molecule has 110 valence electrons. The lowest BCUT2D eigenvalue weighted by atomic mass is 10.3. The SMILES string of the molecule is CSc1ccc(OC(C)C(=O)NC(CF)C(=O)O)cc1. The Bertz CT molecular complexity index is 466. The van der Waals surface area contributed by atoms with Gasteiger partial charge in [0.2, 0.25) is 0 Å². The molecular weight excluding hydrogens is 285 g/mol. The van der Waals surface area contributed by atoms with Crippen LogP contribution in [-0.4, -0.2) is 42.1 Å². The van der Waals surface area contributed by atoms with Crippen LogP contribution < -0.4 is 10.1 Å². The van der Waals surface area contributed by atoms with Crippen molar-refractivity contribution in [3.63, 3.8) is 0 Å². The highest BCUT2D eigenvalue weighted by Gasteiger charge is 2.23. The average Bonchev–Trinajstić information content (AvgIpc) is 2.44. The van der Waals surface area contributed by atoms with Gasteiger partial charge in [0.05, 0.1) is 0 Å². The molecule has 0 fully saturated rings. The van der Waals surface area contributed by atoms with E-state index in [1.54, 1.807) is 23.9 Å². The van der Waals surface area contributed by atoms with Crippen molar-refractivity contribution in [2.24, 2.45) is 0 Å². The number of carboxylic acids is 1. The summed E-state index contributed by atoms with van der Waals surface area (Å²) in [6.07, 6.45) is 1.03. The third kappa shape index (κ3) is 4.73. The zero-order valence-corrected chi connectivity index (χ0v) is 11.9. The molecule has 1 amide bonds. The minimum absolute atomic E-state index is 0.484. The first-order valence-corrected chi connectivity index (χ1v) is 7.10. The van der Waals surface area contributed by atoms with E-state index in [0.29, 0.717) is 5.75 Å². The van der Waals surface area contributed by atoms with E-state index in [1.807, 2.05) is 18.4 Å². The summed E-state index contributed by atoms with van der Waals surface area (Å²) in [6.45, 7) is 0.297. The molecule has 0 aliphatic rings. The van der Waals surface area contributed by atoms with Gasteiger partial charge in [0.1, 0.15) is 12.4 Å². The highest BCUT2D eigenvalue weighted by atomic mass is 32.2. The van der Waals surface area contributed by atoms with Gasteiger partial charge in [-0.25, -0.2) is 9.18 Å². The molecule has 0 saturated carbocycles. The van der Waals surface area contributed by atoms with E-state index in [1.165, 1.54) is 6.92 Å². The Morgan fingerprint density at radius 1 is 1.40 bits per heavy atom. The minimum atomic E-state index is -1.55. The highest BCUT2D eigenvalue weighted by Crippen LogP contribution is 2.19. The zero-order valence-electron chi connectivity index (χ0n) is 11.1. The highest BCUT2D eigenvalue weighted by molar-refractivity contribution is 7.98. The van der Waals surface area contributed by atoms with Gasteiger partial charge in [-0.1, -0.05) is 0 Å². The van der Waals surface area contributed by atoms with E-state index >= 15 is 0 Å². The molecule has 0 aromatic heterocycles. The van der Waals surface area contributed by atoms with Crippen molar-refractivity contribution in [3.05, 3.63) is 24.3 Å². The number of ether oxygens (including phenoxy) is 1. The lowest BCUT2D eigenvalue weighted by Gasteiger charge is -2.17. The van der Waals surface area contributed by atoms with Gasteiger partial charge in [0.15, 0.2) is 12.1 Å². The molecule has 7 heteroatoms. The number of benzene rings is 1. The zero-order chi connectivity index (χ0) is 15.1. The van der Waals surface area contributed by atoms with E-state index in [4.69, 9.17) is 9.84 Å². The number of rotatable bonds is 7. The Balaban J connectivity index is 2.58. The van der Waals surface area contributed by atoms with Crippen LogP contribution in [0.4, 0.5) is 4.39 Å². The van der Waals surface area contributed by atoms with Crippen LogP contribution in [0.25, 0.3) is 0 Å². The summed E-state index contributed by atoms with van der Waals surface area (Å²) in [5, 5.41) is 10.7. The monoisotopic (exact) mass is 301 g/mol. The molecule has 2 atom stereocenters. The number of alkyl halides is 1. The van der Waals surface area contributed by atoms with Crippen molar-refractivity contribution in [1.29, 1.82) is 0 Å². The molecule has 0 aliphatic heterocycles. The smallest absolute Gasteiger partial charge is 0.328 e. The molecule has 1 rings (SSSR count). The second-order valence-corrected chi connectivity index (χ2v) is 4.87. The van der Waals surface area contributed by atoms with Gasteiger partial charge in [0.25, 0.3) is 5.91 Å². The first-order chi connectivity index (χ1) is 9.47. The maximum absolute atomic E-state index is 12.4. The normalized spacial score (nSPS) is 13.3. The Hall–Kier alpha value is -1.76. The second kappa shape index (κ2) is 7.74. The Morgan fingerprint density at radius 3 is 2.45 bits per heavy atom. The molecule has 2 unspecified atom stereocenters. The summed E-state index contributed by atoms with van der Waals surface area (Å²) in [5.74, 6) is -1.61. The van der Waals surface area contributed by atoms with E-state index < -0.39 is 30.7 Å². The summed E-state index contributed by atoms with van der Waals surface area (Å²) in [6, 6.07) is 5.55. The molecule has 5 nitrogen and oxygen atoms in total. The molecule has 1 aromatic rings. The quantitative estimate of drug-likeness (QED) is 0.750. The molecule has 0 heterocycles. The second-order valence-electron chi connectivity index (χ2n) is 3.99. The molecule has 0 bridgehead atoms. The molecule has 20 heavy (non-hydrogen) atoms. The van der Waals surface area contributed by atoms with Crippen molar-refractivity contribution in [1.82, 2.24) is 5.32 Å². The van der Waals surface area contributed by atoms with Crippen LogP contribution in [0.3, 0.4) is 0 Å². The van der Waals surface area contributed by atoms with Crippen LogP contribution in [0.2, 0.25) is 0 Å². The van der Waals surface area contributed by atoms with Crippen LogP contribution in [0.5, 0.6) is 5.75 Å². The Labute approximate surface area is 120 Å². The number of amides is 1. The van der Waals surface area contributed by atoms with Gasteiger partial charge in [-0.15, -0.1) is 11.8 Å². The summed E-state index contributed by atoms with van der Waals surface area (Å²) >= 11 is 1.58. The van der Waals surface area contributed by atoms with Crippen molar-refractivity contribution >= 4 is 23.6 Å². The van der Waals surface area contributed by atoms with Crippen molar-refractivity contribution in [2.45, 2.75) is 24.0 Å². The fourth-order valence-corrected chi connectivity index (χ4v) is 1.78. The summed E-state index contributed by atoms with van der Waals surface area (Å²) < 4.78 is 17.8.